The molecule has 4 nitrogen and oxygen atoms in total. The zero-order valence-electron chi connectivity index (χ0n) is 11.0. The smallest absolute Gasteiger partial charge is 0.238 e. The Hall–Kier alpha value is -1.55. The molecule has 1 aliphatic heterocycles. The number of unbranched alkanes of at least 4 members (excludes halogenated alkanes) is 1. The molecule has 18 heavy (non-hydrogen) atoms. The minimum Gasteiger partial charge on any atom is -0.497 e. The topological polar surface area (TPSA) is 41.6 Å². The number of carbonyl (C=O) groups is 1. The molecule has 0 saturated carbocycles. The van der Waals surface area contributed by atoms with Gasteiger partial charge in [0.05, 0.1) is 13.7 Å². The van der Waals surface area contributed by atoms with E-state index in [1.165, 1.54) is 0 Å². The van der Waals surface area contributed by atoms with Crippen molar-refractivity contribution in [2.45, 2.75) is 25.9 Å². The number of benzene rings is 1. The highest BCUT2D eigenvalue weighted by molar-refractivity contribution is 5.80. The predicted molar refractivity (Wildman–Crippen MR) is 70.4 cm³/mol. The summed E-state index contributed by atoms with van der Waals surface area (Å²) >= 11 is 0. The molecule has 1 heterocycles. The van der Waals surface area contributed by atoms with E-state index in [9.17, 15) is 4.79 Å². The van der Waals surface area contributed by atoms with E-state index in [2.05, 4.69) is 12.2 Å². The molecular formula is C14H20N2O2. The van der Waals surface area contributed by atoms with Gasteiger partial charge in [-0.05, 0) is 24.1 Å². The lowest BCUT2D eigenvalue weighted by molar-refractivity contribution is -0.128. The van der Waals surface area contributed by atoms with E-state index in [0.29, 0.717) is 6.54 Å². The zero-order chi connectivity index (χ0) is 13.0. The first kappa shape index (κ1) is 12.9. The Labute approximate surface area is 108 Å². The minimum atomic E-state index is -0.0147. The Morgan fingerprint density at radius 1 is 1.50 bits per heavy atom. The summed E-state index contributed by atoms with van der Waals surface area (Å²) in [6.45, 7) is 3.37. The fourth-order valence-corrected chi connectivity index (χ4v) is 2.23. The van der Waals surface area contributed by atoms with Crippen molar-refractivity contribution in [3.8, 4) is 5.75 Å². The van der Waals surface area contributed by atoms with Crippen LogP contribution in [0.25, 0.3) is 0 Å². The van der Waals surface area contributed by atoms with Gasteiger partial charge in [-0.1, -0.05) is 25.5 Å². The summed E-state index contributed by atoms with van der Waals surface area (Å²) in [6, 6.07) is 7.88. The van der Waals surface area contributed by atoms with Crippen molar-refractivity contribution in [1.82, 2.24) is 10.2 Å². The van der Waals surface area contributed by atoms with Crippen molar-refractivity contribution >= 4 is 5.91 Å². The Balaban J connectivity index is 2.17. The van der Waals surface area contributed by atoms with E-state index in [0.717, 1.165) is 30.7 Å². The standard InChI is InChI=1S/C14H20N2O2/c1-3-4-8-16-13(17)10-15-14(16)11-6-5-7-12(9-11)18-2/h5-7,9,14-15H,3-4,8,10H2,1-2H3. The van der Waals surface area contributed by atoms with Crippen molar-refractivity contribution in [2.24, 2.45) is 0 Å². The lowest BCUT2D eigenvalue weighted by Crippen LogP contribution is -2.31. The fraction of sp³-hybridized carbons (Fsp3) is 0.500. The van der Waals surface area contributed by atoms with E-state index in [1.807, 2.05) is 29.2 Å². The second-order valence-corrected chi connectivity index (χ2v) is 4.50. The number of carbonyl (C=O) groups excluding carboxylic acids is 1. The number of hydrogen-bond donors (Lipinski definition) is 1. The average molecular weight is 248 g/mol. The summed E-state index contributed by atoms with van der Waals surface area (Å²) < 4.78 is 5.23. The van der Waals surface area contributed by atoms with Crippen molar-refractivity contribution in [1.29, 1.82) is 0 Å². The first-order valence-corrected chi connectivity index (χ1v) is 6.43. The highest BCUT2D eigenvalue weighted by Crippen LogP contribution is 2.25. The molecule has 0 aromatic heterocycles. The first-order valence-electron chi connectivity index (χ1n) is 6.43. The number of rotatable bonds is 5. The van der Waals surface area contributed by atoms with Crippen LogP contribution in [0.3, 0.4) is 0 Å². The maximum absolute atomic E-state index is 11.9. The first-order chi connectivity index (χ1) is 8.76. The van der Waals surface area contributed by atoms with Gasteiger partial charge in [0.25, 0.3) is 0 Å². The Bertz CT molecular complexity index is 420. The van der Waals surface area contributed by atoms with Crippen LogP contribution in [0.5, 0.6) is 5.75 Å². The maximum Gasteiger partial charge on any atom is 0.238 e. The maximum atomic E-state index is 11.9. The highest BCUT2D eigenvalue weighted by Gasteiger charge is 2.30. The van der Waals surface area contributed by atoms with Crippen molar-refractivity contribution in [3.63, 3.8) is 0 Å². The lowest BCUT2D eigenvalue weighted by Gasteiger charge is -2.24. The van der Waals surface area contributed by atoms with Gasteiger partial charge in [0.2, 0.25) is 5.91 Å². The zero-order valence-corrected chi connectivity index (χ0v) is 11.0. The highest BCUT2D eigenvalue weighted by atomic mass is 16.5. The van der Waals surface area contributed by atoms with Gasteiger partial charge in [0.15, 0.2) is 0 Å². The predicted octanol–water partition coefficient (Wildman–Crippen LogP) is 1.93. The number of amides is 1. The van der Waals surface area contributed by atoms with Crippen LogP contribution in [0.15, 0.2) is 24.3 Å². The molecule has 1 saturated heterocycles. The van der Waals surface area contributed by atoms with E-state index in [4.69, 9.17) is 4.74 Å². The molecule has 1 unspecified atom stereocenters. The van der Waals surface area contributed by atoms with Gasteiger partial charge in [-0.3, -0.25) is 10.1 Å². The van der Waals surface area contributed by atoms with Crippen LogP contribution in [0.1, 0.15) is 31.5 Å². The van der Waals surface area contributed by atoms with Crippen LogP contribution in [0.2, 0.25) is 0 Å². The Morgan fingerprint density at radius 2 is 2.33 bits per heavy atom. The Morgan fingerprint density at radius 3 is 3.06 bits per heavy atom. The molecular weight excluding hydrogens is 228 g/mol. The van der Waals surface area contributed by atoms with Crippen molar-refractivity contribution in [2.75, 3.05) is 20.2 Å². The number of nitrogens with zero attached hydrogens (tertiary/aromatic N) is 1. The normalized spacial score (nSPS) is 19.3. The molecule has 1 fully saturated rings. The van der Waals surface area contributed by atoms with Gasteiger partial charge >= 0.3 is 0 Å². The van der Waals surface area contributed by atoms with Crippen LogP contribution in [0, 0.1) is 0 Å². The molecule has 98 valence electrons. The van der Waals surface area contributed by atoms with Gasteiger partial charge in [-0.15, -0.1) is 0 Å². The van der Waals surface area contributed by atoms with Gasteiger partial charge in [-0.2, -0.15) is 0 Å². The fourth-order valence-electron chi connectivity index (χ4n) is 2.23. The number of methoxy groups -OCH3 is 1. The molecule has 0 bridgehead atoms. The monoisotopic (exact) mass is 248 g/mol. The van der Waals surface area contributed by atoms with Crippen LogP contribution in [0.4, 0.5) is 0 Å². The van der Waals surface area contributed by atoms with Gasteiger partial charge in [-0.25, -0.2) is 0 Å². The lowest BCUT2D eigenvalue weighted by atomic mass is 10.1. The van der Waals surface area contributed by atoms with Crippen LogP contribution in [-0.4, -0.2) is 31.0 Å². The molecule has 0 aliphatic carbocycles. The molecule has 1 aromatic carbocycles. The SMILES string of the molecule is CCCCN1C(=O)CNC1c1cccc(OC)c1. The minimum absolute atomic E-state index is 0.0147. The number of nitrogens with one attached hydrogen (secondary N) is 1. The molecule has 1 aliphatic rings. The molecule has 2 rings (SSSR count). The number of ether oxygens (including phenoxy) is 1. The van der Waals surface area contributed by atoms with Crippen LogP contribution in [-0.2, 0) is 4.79 Å². The molecule has 1 amide bonds. The summed E-state index contributed by atoms with van der Waals surface area (Å²) in [6.07, 6.45) is 2.11. The van der Waals surface area contributed by atoms with Crippen molar-refractivity contribution < 1.29 is 9.53 Å². The van der Waals surface area contributed by atoms with E-state index >= 15 is 0 Å². The summed E-state index contributed by atoms with van der Waals surface area (Å²) in [5.41, 5.74) is 1.08. The van der Waals surface area contributed by atoms with E-state index in [-0.39, 0.29) is 12.1 Å². The molecule has 1 atom stereocenters. The molecule has 0 radical (unpaired) electrons. The van der Waals surface area contributed by atoms with Gasteiger partial charge in [0.1, 0.15) is 11.9 Å². The van der Waals surface area contributed by atoms with E-state index < -0.39 is 0 Å². The third kappa shape index (κ3) is 2.64. The summed E-state index contributed by atoms with van der Waals surface area (Å²) in [5, 5.41) is 3.25. The van der Waals surface area contributed by atoms with Crippen molar-refractivity contribution in [3.05, 3.63) is 29.8 Å². The summed E-state index contributed by atoms with van der Waals surface area (Å²) in [4.78, 5) is 13.8. The van der Waals surface area contributed by atoms with Crippen LogP contribution < -0.4 is 10.1 Å². The second-order valence-electron chi connectivity index (χ2n) is 4.50. The van der Waals surface area contributed by atoms with Gasteiger partial charge < -0.3 is 9.64 Å². The largest absolute Gasteiger partial charge is 0.497 e. The average Bonchev–Trinajstić information content (AvgIpc) is 2.77. The van der Waals surface area contributed by atoms with Gasteiger partial charge in [0, 0.05) is 6.54 Å². The summed E-state index contributed by atoms with van der Waals surface area (Å²) in [5.74, 6) is 1.00. The Kier molecular flexibility index (Phi) is 4.20. The third-order valence-corrected chi connectivity index (χ3v) is 3.24. The molecule has 1 N–H and O–H groups in total. The van der Waals surface area contributed by atoms with Crippen LogP contribution >= 0.6 is 0 Å². The second kappa shape index (κ2) is 5.87. The molecule has 0 spiro atoms. The summed E-state index contributed by atoms with van der Waals surface area (Å²) in [7, 11) is 1.65. The number of hydrogen-bond acceptors (Lipinski definition) is 3. The van der Waals surface area contributed by atoms with E-state index in [1.54, 1.807) is 7.11 Å². The third-order valence-electron chi connectivity index (χ3n) is 3.24. The molecule has 4 heteroatoms. The molecule has 1 aromatic rings. The quantitative estimate of drug-likeness (QED) is 0.865.